The molecule has 5 nitrogen and oxygen atoms in total. The van der Waals surface area contributed by atoms with Gasteiger partial charge < -0.3 is 15.3 Å². The molecule has 1 aliphatic carbocycles. The molecular formula is C15H20N2O3. The fourth-order valence-electron chi connectivity index (χ4n) is 2.24. The molecule has 0 radical (unpaired) electrons. The molecule has 2 N–H and O–H groups in total. The second-order valence-corrected chi connectivity index (χ2v) is 5.23. The maximum Gasteiger partial charge on any atom is 0.326 e. The van der Waals surface area contributed by atoms with Gasteiger partial charge in [-0.15, -0.1) is 0 Å². The summed E-state index contributed by atoms with van der Waals surface area (Å²) >= 11 is 0. The highest BCUT2D eigenvalue weighted by atomic mass is 16.4. The molecule has 0 heterocycles. The quantitative estimate of drug-likeness (QED) is 0.862. The van der Waals surface area contributed by atoms with Crippen LogP contribution in [0.3, 0.4) is 0 Å². The molecule has 1 saturated carbocycles. The predicted octanol–water partition coefficient (Wildman–Crippen LogP) is 1.88. The zero-order chi connectivity index (χ0) is 14.5. The Balaban J connectivity index is 1.95. The van der Waals surface area contributed by atoms with Crippen molar-refractivity contribution >= 4 is 12.0 Å². The molecule has 1 fully saturated rings. The van der Waals surface area contributed by atoms with Crippen molar-refractivity contribution in [3.63, 3.8) is 0 Å². The van der Waals surface area contributed by atoms with Crippen molar-refractivity contribution in [3.8, 4) is 0 Å². The minimum atomic E-state index is -1.01. The summed E-state index contributed by atoms with van der Waals surface area (Å²) in [5.41, 5.74) is 0.895. The lowest BCUT2D eigenvalue weighted by molar-refractivity contribution is -0.139. The van der Waals surface area contributed by atoms with Gasteiger partial charge in [-0.1, -0.05) is 30.3 Å². The van der Waals surface area contributed by atoms with Crippen molar-refractivity contribution < 1.29 is 14.7 Å². The van der Waals surface area contributed by atoms with Crippen LogP contribution in [0, 0.1) is 0 Å². The van der Waals surface area contributed by atoms with E-state index in [0.29, 0.717) is 6.42 Å². The van der Waals surface area contributed by atoms with E-state index in [1.807, 2.05) is 30.3 Å². The Labute approximate surface area is 118 Å². The molecule has 0 saturated heterocycles. The van der Waals surface area contributed by atoms with E-state index in [4.69, 9.17) is 0 Å². The number of carbonyl (C=O) groups excluding carboxylic acids is 1. The van der Waals surface area contributed by atoms with E-state index >= 15 is 0 Å². The van der Waals surface area contributed by atoms with Crippen LogP contribution < -0.4 is 5.32 Å². The highest BCUT2D eigenvalue weighted by molar-refractivity contribution is 5.82. The van der Waals surface area contributed by atoms with Crippen molar-refractivity contribution in [1.82, 2.24) is 10.2 Å². The predicted molar refractivity (Wildman–Crippen MR) is 75.5 cm³/mol. The zero-order valence-electron chi connectivity index (χ0n) is 11.6. The number of hydrogen-bond acceptors (Lipinski definition) is 2. The smallest absolute Gasteiger partial charge is 0.326 e. The van der Waals surface area contributed by atoms with Crippen LogP contribution in [0.4, 0.5) is 4.79 Å². The topological polar surface area (TPSA) is 69.6 Å². The van der Waals surface area contributed by atoms with Gasteiger partial charge >= 0.3 is 12.0 Å². The second-order valence-electron chi connectivity index (χ2n) is 5.23. The molecule has 1 atom stereocenters. The van der Waals surface area contributed by atoms with Gasteiger partial charge in [-0.25, -0.2) is 9.59 Å². The van der Waals surface area contributed by atoms with Gasteiger partial charge in [0, 0.05) is 19.5 Å². The van der Waals surface area contributed by atoms with Crippen molar-refractivity contribution in [2.24, 2.45) is 0 Å². The number of carboxylic acids is 1. The third-order valence-electron chi connectivity index (χ3n) is 3.82. The summed E-state index contributed by atoms with van der Waals surface area (Å²) in [6.45, 7) is 0. The minimum absolute atomic E-state index is 0.251. The lowest BCUT2D eigenvalue weighted by Crippen LogP contribution is -2.52. The van der Waals surface area contributed by atoms with Crippen LogP contribution in [0.25, 0.3) is 0 Å². The normalized spacial score (nSPS) is 16.1. The SMILES string of the molecule is CN(C(=O)N[C@H](Cc1ccccc1)C(=O)O)C1CCC1. The summed E-state index contributed by atoms with van der Waals surface area (Å²) in [6.07, 6.45) is 3.43. The summed E-state index contributed by atoms with van der Waals surface area (Å²) in [7, 11) is 1.72. The highest BCUT2D eigenvalue weighted by Crippen LogP contribution is 2.23. The number of carbonyl (C=O) groups is 2. The largest absolute Gasteiger partial charge is 0.480 e. The van der Waals surface area contributed by atoms with E-state index in [-0.39, 0.29) is 12.1 Å². The Morgan fingerprint density at radius 2 is 2.00 bits per heavy atom. The Kier molecular flexibility index (Phi) is 4.61. The molecule has 1 aromatic rings. The molecule has 1 aliphatic rings. The van der Waals surface area contributed by atoms with Gasteiger partial charge in [-0.2, -0.15) is 0 Å². The van der Waals surface area contributed by atoms with Crippen LogP contribution in [-0.2, 0) is 11.2 Å². The molecule has 0 aromatic heterocycles. The van der Waals surface area contributed by atoms with Gasteiger partial charge in [0.2, 0.25) is 0 Å². The van der Waals surface area contributed by atoms with Crippen molar-refractivity contribution in [2.45, 2.75) is 37.8 Å². The molecule has 2 amide bonds. The number of amides is 2. The van der Waals surface area contributed by atoms with E-state index in [1.54, 1.807) is 11.9 Å². The van der Waals surface area contributed by atoms with E-state index in [9.17, 15) is 14.7 Å². The average Bonchev–Trinajstić information content (AvgIpc) is 2.36. The molecule has 0 spiro atoms. The Bertz CT molecular complexity index is 471. The molecule has 0 bridgehead atoms. The average molecular weight is 276 g/mol. The summed E-state index contributed by atoms with van der Waals surface area (Å²) in [5, 5.41) is 11.8. The second kappa shape index (κ2) is 6.41. The summed E-state index contributed by atoms with van der Waals surface area (Å²) in [6, 6.07) is 8.36. The zero-order valence-corrected chi connectivity index (χ0v) is 11.6. The van der Waals surface area contributed by atoms with Crippen molar-refractivity contribution in [1.29, 1.82) is 0 Å². The van der Waals surface area contributed by atoms with Crippen LogP contribution in [0.5, 0.6) is 0 Å². The van der Waals surface area contributed by atoms with E-state index in [2.05, 4.69) is 5.32 Å². The van der Waals surface area contributed by atoms with Gasteiger partial charge in [-0.05, 0) is 24.8 Å². The molecule has 20 heavy (non-hydrogen) atoms. The molecule has 0 unspecified atom stereocenters. The number of nitrogens with zero attached hydrogens (tertiary/aromatic N) is 1. The number of benzene rings is 1. The van der Waals surface area contributed by atoms with Crippen molar-refractivity contribution in [3.05, 3.63) is 35.9 Å². The minimum Gasteiger partial charge on any atom is -0.480 e. The van der Waals surface area contributed by atoms with E-state index in [1.165, 1.54) is 0 Å². The van der Waals surface area contributed by atoms with Gasteiger partial charge in [0.25, 0.3) is 0 Å². The van der Waals surface area contributed by atoms with Gasteiger partial charge in [0.1, 0.15) is 6.04 Å². The standard InChI is InChI=1S/C15H20N2O3/c1-17(12-8-5-9-12)15(20)16-13(14(18)19)10-11-6-3-2-4-7-11/h2-4,6-7,12-13H,5,8-10H2,1H3,(H,16,20)(H,18,19)/t13-/m1/s1. The van der Waals surface area contributed by atoms with Crippen molar-refractivity contribution in [2.75, 3.05) is 7.05 Å². The molecule has 1 aromatic carbocycles. The monoisotopic (exact) mass is 276 g/mol. The molecular weight excluding hydrogens is 256 g/mol. The molecule has 0 aliphatic heterocycles. The van der Waals surface area contributed by atoms with Gasteiger partial charge in [0.15, 0.2) is 0 Å². The Hall–Kier alpha value is -2.04. The first kappa shape index (κ1) is 14.4. The number of urea groups is 1. The number of rotatable bonds is 5. The number of carboxylic acid groups (broad SMARTS) is 1. The summed E-state index contributed by atoms with van der Waals surface area (Å²) in [4.78, 5) is 24.9. The third kappa shape index (κ3) is 3.50. The van der Waals surface area contributed by atoms with Crippen LogP contribution in [-0.4, -0.2) is 41.1 Å². The van der Waals surface area contributed by atoms with Crippen LogP contribution in [0.2, 0.25) is 0 Å². The molecule has 2 rings (SSSR count). The number of nitrogens with one attached hydrogen (secondary N) is 1. The maximum atomic E-state index is 12.0. The highest BCUT2D eigenvalue weighted by Gasteiger charge is 2.28. The summed E-state index contributed by atoms with van der Waals surface area (Å²) < 4.78 is 0. The number of aliphatic carboxylic acids is 1. The van der Waals surface area contributed by atoms with Crippen LogP contribution in [0.15, 0.2) is 30.3 Å². The Morgan fingerprint density at radius 3 is 2.50 bits per heavy atom. The third-order valence-corrected chi connectivity index (χ3v) is 3.82. The summed E-state index contributed by atoms with van der Waals surface area (Å²) in [5.74, 6) is -1.01. The first-order valence-corrected chi connectivity index (χ1v) is 6.88. The fourth-order valence-corrected chi connectivity index (χ4v) is 2.24. The van der Waals surface area contributed by atoms with Crippen LogP contribution >= 0.6 is 0 Å². The number of hydrogen-bond donors (Lipinski definition) is 2. The molecule has 5 heteroatoms. The maximum absolute atomic E-state index is 12.0. The Morgan fingerprint density at radius 1 is 1.35 bits per heavy atom. The first-order chi connectivity index (χ1) is 9.58. The lowest BCUT2D eigenvalue weighted by Gasteiger charge is -2.35. The van der Waals surface area contributed by atoms with Gasteiger partial charge in [-0.3, -0.25) is 0 Å². The van der Waals surface area contributed by atoms with E-state index < -0.39 is 12.0 Å². The fraction of sp³-hybridized carbons (Fsp3) is 0.467. The van der Waals surface area contributed by atoms with E-state index in [0.717, 1.165) is 24.8 Å². The first-order valence-electron chi connectivity index (χ1n) is 6.88. The molecule has 108 valence electrons. The lowest BCUT2D eigenvalue weighted by atomic mass is 9.92. The van der Waals surface area contributed by atoms with Crippen LogP contribution in [0.1, 0.15) is 24.8 Å². The van der Waals surface area contributed by atoms with Gasteiger partial charge in [0.05, 0.1) is 0 Å².